The van der Waals surface area contributed by atoms with Crippen LogP contribution < -0.4 is 0 Å². The van der Waals surface area contributed by atoms with Crippen LogP contribution in [0.15, 0.2) is 48.1 Å². The van der Waals surface area contributed by atoms with Crippen LogP contribution in [0.2, 0.25) is 0 Å². The number of hydrogen-bond donors (Lipinski definition) is 1. The lowest BCUT2D eigenvalue weighted by Crippen LogP contribution is -2.62. The average Bonchev–Trinajstić information content (AvgIpc) is 3.40. The molecule has 10 heteroatoms. The van der Waals surface area contributed by atoms with Crippen LogP contribution in [-0.4, -0.2) is 39.6 Å². The molecule has 6 rings (SSSR count). The molecule has 1 heterocycles. The summed E-state index contributed by atoms with van der Waals surface area (Å²) in [5.74, 6) is -0.302. The van der Waals surface area contributed by atoms with Gasteiger partial charge in [-0.05, 0) is 61.8 Å². The van der Waals surface area contributed by atoms with E-state index in [1.54, 1.807) is 12.2 Å². The monoisotopic (exact) mass is 573 g/mol. The van der Waals surface area contributed by atoms with Crippen LogP contribution in [0.5, 0.6) is 0 Å². The molecule has 5 aliphatic rings. The molecule has 4 aliphatic carbocycles. The van der Waals surface area contributed by atoms with Gasteiger partial charge in [0.05, 0.1) is 29.6 Å². The van der Waals surface area contributed by atoms with Crippen LogP contribution in [0.4, 0.5) is 13.2 Å². The van der Waals surface area contributed by atoms with Crippen molar-refractivity contribution in [2.24, 2.45) is 28.6 Å². The van der Waals surface area contributed by atoms with Crippen LogP contribution in [0.1, 0.15) is 56.9 Å². The van der Waals surface area contributed by atoms with E-state index in [1.165, 1.54) is 12.1 Å². The summed E-state index contributed by atoms with van der Waals surface area (Å²) in [7, 11) is 0. The Morgan fingerprint density at radius 2 is 1.98 bits per heavy atom. The fraction of sp³-hybridized carbons (Fsp3) is 0.567. The van der Waals surface area contributed by atoms with E-state index in [9.17, 15) is 33.1 Å². The van der Waals surface area contributed by atoms with Crippen molar-refractivity contribution in [3.8, 4) is 6.07 Å². The topological polar surface area (TPSA) is 96.6 Å². The number of ether oxygens (including phenoxy) is 2. The number of nitrogens with zero attached hydrogens (tertiary/aromatic N) is 1. The number of carbonyl (C=O) groups is 2. The van der Waals surface area contributed by atoms with Gasteiger partial charge < -0.3 is 14.6 Å². The van der Waals surface area contributed by atoms with Gasteiger partial charge in [0, 0.05) is 22.3 Å². The molecule has 3 saturated carbocycles. The second kappa shape index (κ2) is 9.28. The van der Waals surface area contributed by atoms with Crippen molar-refractivity contribution in [3.63, 3.8) is 0 Å². The number of nitriles is 1. The van der Waals surface area contributed by atoms with Crippen molar-refractivity contribution in [1.82, 2.24) is 0 Å². The Labute approximate surface area is 234 Å². The molecule has 0 aromatic heterocycles. The van der Waals surface area contributed by atoms with E-state index in [1.807, 2.05) is 19.1 Å². The number of aliphatic hydroxyl groups excluding tert-OH is 1. The van der Waals surface area contributed by atoms with Crippen molar-refractivity contribution in [3.05, 3.63) is 59.2 Å². The number of ketones is 1. The highest BCUT2D eigenvalue weighted by Gasteiger charge is 2.76. The third-order valence-electron chi connectivity index (χ3n) is 10.3. The van der Waals surface area contributed by atoms with Gasteiger partial charge in [0.1, 0.15) is 0 Å². The first-order valence-electron chi connectivity index (χ1n) is 13.5. The molecule has 1 aliphatic heterocycles. The highest BCUT2D eigenvalue weighted by molar-refractivity contribution is 8.14. The Kier molecular flexibility index (Phi) is 6.43. The van der Waals surface area contributed by atoms with Crippen molar-refractivity contribution in [2.75, 3.05) is 5.75 Å². The van der Waals surface area contributed by atoms with Gasteiger partial charge in [0.25, 0.3) is 0 Å². The quantitative estimate of drug-likeness (QED) is 0.508. The fourth-order valence-corrected chi connectivity index (χ4v) is 9.42. The normalized spacial score (nSPS) is 41.8. The maximum atomic E-state index is 13.9. The van der Waals surface area contributed by atoms with Crippen LogP contribution in [0, 0.1) is 39.9 Å². The lowest BCUT2D eigenvalue weighted by Gasteiger charge is -2.59. The number of carbonyl (C=O) groups excluding carboxylic acids is 2. The minimum absolute atomic E-state index is 0.0294. The highest BCUT2D eigenvalue weighted by Crippen LogP contribution is 2.71. The maximum Gasteiger partial charge on any atom is 0.416 e. The van der Waals surface area contributed by atoms with E-state index in [0.29, 0.717) is 18.4 Å². The molecule has 0 bridgehead atoms. The van der Waals surface area contributed by atoms with Gasteiger partial charge in [-0.3, -0.25) is 9.59 Å². The van der Waals surface area contributed by atoms with Gasteiger partial charge in [-0.2, -0.15) is 18.4 Å². The molecular formula is C30H30F3NO5S. The van der Waals surface area contributed by atoms with E-state index >= 15 is 0 Å². The van der Waals surface area contributed by atoms with E-state index in [2.05, 4.69) is 6.92 Å². The fourth-order valence-electron chi connectivity index (χ4n) is 8.60. The third-order valence-corrected chi connectivity index (χ3v) is 11.2. The Balaban J connectivity index is 1.37. The zero-order chi connectivity index (χ0) is 28.7. The highest BCUT2D eigenvalue weighted by atomic mass is 32.2. The summed E-state index contributed by atoms with van der Waals surface area (Å²) in [6.45, 7) is 4.02. The van der Waals surface area contributed by atoms with Crippen molar-refractivity contribution >= 4 is 22.7 Å². The first kappa shape index (κ1) is 27.7. The average molecular weight is 574 g/mol. The lowest BCUT2D eigenvalue weighted by atomic mass is 9.46. The number of hydrogen-bond acceptors (Lipinski definition) is 7. The number of rotatable bonds is 3. The minimum atomic E-state index is -4.49. The molecule has 212 valence electrons. The van der Waals surface area contributed by atoms with Gasteiger partial charge >= 0.3 is 6.18 Å². The van der Waals surface area contributed by atoms with Gasteiger partial charge in [-0.15, -0.1) is 0 Å². The van der Waals surface area contributed by atoms with Crippen LogP contribution >= 0.6 is 11.8 Å². The van der Waals surface area contributed by atoms with Crippen molar-refractivity contribution in [1.29, 1.82) is 5.26 Å². The standard InChI is InChI=1S/C30H30F3NO5S/c1-27-10-9-19(35)13-18(27)7-8-20-21-14-23-29(26(37)40-12-11-34,28(21,2)15-22(36)24(20)27)39-25(38-23)16-3-5-17(6-4-16)30(31,32)33/h3-6,9-10,13,20-25,36H,7-8,12,14-15H2,1-2H3/t20-,21-,22-,23+,24+,25?,27-,28-,29-/m0/s1. The lowest BCUT2D eigenvalue weighted by molar-refractivity contribution is -0.194. The molecule has 0 spiro atoms. The summed E-state index contributed by atoms with van der Waals surface area (Å²) in [4.78, 5) is 26.1. The first-order valence-corrected chi connectivity index (χ1v) is 14.5. The summed E-state index contributed by atoms with van der Waals surface area (Å²) < 4.78 is 52.3. The number of alkyl halides is 3. The number of benzene rings is 1. The smallest absolute Gasteiger partial charge is 0.393 e. The molecule has 0 amide bonds. The maximum absolute atomic E-state index is 13.9. The molecule has 1 N–H and O–H groups in total. The second-order valence-electron chi connectivity index (χ2n) is 12.1. The number of allylic oxidation sites excluding steroid dienone is 4. The predicted octanol–water partition coefficient (Wildman–Crippen LogP) is 5.53. The molecular weight excluding hydrogens is 543 g/mol. The predicted molar refractivity (Wildman–Crippen MR) is 139 cm³/mol. The second-order valence-corrected chi connectivity index (χ2v) is 13.1. The Hall–Kier alpha value is -2.45. The summed E-state index contributed by atoms with van der Waals surface area (Å²) in [6.07, 6.45) is 0.332. The molecule has 9 atom stereocenters. The molecule has 40 heavy (non-hydrogen) atoms. The minimum Gasteiger partial charge on any atom is -0.393 e. The summed E-state index contributed by atoms with van der Waals surface area (Å²) in [5, 5.41) is 20.6. The molecule has 1 aromatic carbocycles. The Morgan fingerprint density at radius 3 is 2.65 bits per heavy atom. The Morgan fingerprint density at radius 1 is 1.25 bits per heavy atom. The largest absolute Gasteiger partial charge is 0.416 e. The van der Waals surface area contributed by atoms with Crippen molar-refractivity contribution < 1.29 is 37.3 Å². The van der Waals surface area contributed by atoms with Gasteiger partial charge in [-0.25, -0.2) is 0 Å². The summed E-state index contributed by atoms with van der Waals surface area (Å²) in [5.41, 5.74) is -2.21. The summed E-state index contributed by atoms with van der Waals surface area (Å²) >= 11 is 0.853. The summed E-state index contributed by atoms with van der Waals surface area (Å²) in [6, 6.07) is 6.51. The van der Waals surface area contributed by atoms with Gasteiger partial charge in [0.2, 0.25) is 5.12 Å². The van der Waals surface area contributed by atoms with Crippen molar-refractivity contribution in [2.45, 2.75) is 69.8 Å². The number of fused-ring (bicyclic) bond motifs is 7. The number of thioether (sulfide) groups is 1. The molecule has 1 saturated heterocycles. The van der Waals surface area contributed by atoms with E-state index in [-0.39, 0.29) is 40.8 Å². The molecule has 0 radical (unpaired) electrons. The van der Waals surface area contributed by atoms with Gasteiger partial charge in [-0.1, -0.05) is 49.4 Å². The van der Waals surface area contributed by atoms with E-state index in [4.69, 9.17) is 9.47 Å². The molecule has 1 aromatic rings. The van der Waals surface area contributed by atoms with E-state index in [0.717, 1.165) is 35.9 Å². The Bertz CT molecular complexity index is 1350. The van der Waals surface area contributed by atoms with Gasteiger partial charge in [0.15, 0.2) is 17.7 Å². The number of halogens is 3. The van der Waals surface area contributed by atoms with Crippen LogP contribution in [-0.2, 0) is 25.2 Å². The van der Waals surface area contributed by atoms with Crippen LogP contribution in [0.25, 0.3) is 0 Å². The third kappa shape index (κ3) is 3.81. The first-order chi connectivity index (χ1) is 18.8. The SMILES string of the molecule is C[C@]12C=CC(=O)C=C1CC[C@@H]1[C@@H]2[C@@H](O)C[C@@]2(C)[C@H]1C[C@H]1OC(c3ccc(C(F)(F)F)cc3)O[C@]12C(=O)SCC#N. The molecule has 4 fully saturated rings. The molecule has 6 nitrogen and oxygen atoms in total. The zero-order valence-corrected chi connectivity index (χ0v) is 22.9. The zero-order valence-electron chi connectivity index (χ0n) is 22.1. The van der Waals surface area contributed by atoms with E-state index < -0.39 is 46.7 Å². The molecule has 1 unspecified atom stereocenters. The number of aliphatic hydroxyl groups is 1. The van der Waals surface area contributed by atoms with Crippen LogP contribution in [0.3, 0.4) is 0 Å².